The van der Waals surface area contributed by atoms with Crippen molar-refractivity contribution in [1.82, 2.24) is 5.32 Å². The molecule has 25 heavy (non-hydrogen) atoms. The number of allylic oxidation sites excluding steroid dienone is 1. The summed E-state index contributed by atoms with van der Waals surface area (Å²) in [5.74, 6) is -0.387. The van der Waals surface area contributed by atoms with E-state index in [0.29, 0.717) is 6.42 Å². The van der Waals surface area contributed by atoms with Gasteiger partial charge in [0.15, 0.2) is 0 Å². The third-order valence-corrected chi connectivity index (χ3v) is 5.20. The van der Waals surface area contributed by atoms with E-state index in [1.807, 2.05) is 0 Å². The zero-order valence-electron chi connectivity index (χ0n) is 16.6. The SMILES string of the molecule is CCCCCCCCCCCC=C(CCCCC)C1CC(=O)NC1=O. The summed E-state index contributed by atoms with van der Waals surface area (Å²) in [5.41, 5.74) is 1.20. The lowest BCUT2D eigenvalue weighted by Gasteiger charge is -2.12. The molecule has 2 amide bonds. The largest absolute Gasteiger partial charge is 0.296 e. The summed E-state index contributed by atoms with van der Waals surface area (Å²) in [6.07, 6.45) is 20.2. The molecule has 0 radical (unpaired) electrons. The van der Waals surface area contributed by atoms with Crippen LogP contribution in [0.25, 0.3) is 0 Å². The summed E-state index contributed by atoms with van der Waals surface area (Å²) in [7, 11) is 0. The topological polar surface area (TPSA) is 46.2 Å². The Morgan fingerprint density at radius 1 is 0.880 bits per heavy atom. The highest BCUT2D eigenvalue weighted by molar-refractivity contribution is 6.04. The van der Waals surface area contributed by atoms with Crippen LogP contribution in [0.2, 0.25) is 0 Å². The Labute approximate surface area is 155 Å². The molecule has 0 aromatic carbocycles. The van der Waals surface area contributed by atoms with Gasteiger partial charge in [0, 0.05) is 6.42 Å². The Bertz CT molecular complexity index is 414. The van der Waals surface area contributed by atoms with Crippen LogP contribution in [-0.4, -0.2) is 11.8 Å². The summed E-state index contributed by atoms with van der Waals surface area (Å²) in [4.78, 5) is 23.4. The number of carbonyl (C=O) groups excluding carboxylic acids is 2. The Kier molecular flexibility index (Phi) is 12.4. The first-order chi connectivity index (χ1) is 12.2. The summed E-state index contributed by atoms with van der Waals surface area (Å²) in [5, 5.41) is 2.46. The smallest absolute Gasteiger partial charge is 0.234 e. The molecule has 0 aromatic heterocycles. The van der Waals surface area contributed by atoms with Crippen molar-refractivity contribution in [2.75, 3.05) is 0 Å². The van der Waals surface area contributed by atoms with Crippen molar-refractivity contribution >= 4 is 11.8 Å². The highest BCUT2D eigenvalue weighted by Gasteiger charge is 2.32. The van der Waals surface area contributed by atoms with Crippen molar-refractivity contribution in [1.29, 1.82) is 0 Å². The number of carbonyl (C=O) groups is 2. The van der Waals surface area contributed by atoms with Gasteiger partial charge in [-0.3, -0.25) is 14.9 Å². The van der Waals surface area contributed by atoms with E-state index in [1.165, 1.54) is 76.2 Å². The fourth-order valence-corrected chi connectivity index (χ4v) is 3.59. The molecule has 0 bridgehead atoms. The number of rotatable bonds is 15. The maximum absolute atomic E-state index is 12.0. The molecule has 1 unspecified atom stereocenters. The van der Waals surface area contributed by atoms with Crippen LogP contribution in [0.3, 0.4) is 0 Å². The minimum atomic E-state index is -0.192. The summed E-state index contributed by atoms with van der Waals surface area (Å²) < 4.78 is 0. The van der Waals surface area contributed by atoms with E-state index in [0.717, 1.165) is 19.3 Å². The predicted octanol–water partition coefficient (Wildman–Crippen LogP) is 6.08. The molecule has 1 atom stereocenters. The predicted molar refractivity (Wildman–Crippen MR) is 105 cm³/mol. The number of nitrogens with one attached hydrogen (secondary N) is 1. The standard InChI is InChI=1S/C22H39NO2/c1-3-5-7-8-9-10-11-12-13-15-17-19(16-14-6-4-2)20-18-21(24)23-22(20)25/h17,20H,3-16,18H2,1-2H3,(H,23,24,25). The van der Waals surface area contributed by atoms with Gasteiger partial charge in [0.05, 0.1) is 5.92 Å². The molecule has 3 heteroatoms. The first-order valence-corrected chi connectivity index (χ1v) is 10.7. The van der Waals surface area contributed by atoms with Gasteiger partial charge in [-0.15, -0.1) is 0 Å². The van der Waals surface area contributed by atoms with E-state index in [2.05, 4.69) is 25.2 Å². The molecule has 1 aliphatic rings. The van der Waals surface area contributed by atoms with E-state index in [4.69, 9.17) is 0 Å². The van der Waals surface area contributed by atoms with E-state index < -0.39 is 0 Å². The Morgan fingerprint density at radius 2 is 1.44 bits per heavy atom. The second-order valence-corrected chi connectivity index (χ2v) is 7.52. The number of hydrogen-bond donors (Lipinski definition) is 1. The van der Waals surface area contributed by atoms with Gasteiger partial charge in [-0.05, 0) is 25.7 Å². The second-order valence-electron chi connectivity index (χ2n) is 7.52. The lowest BCUT2D eigenvalue weighted by molar-refractivity contribution is -0.125. The van der Waals surface area contributed by atoms with Crippen molar-refractivity contribution in [3.8, 4) is 0 Å². The van der Waals surface area contributed by atoms with Gasteiger partial charge in [-0.1, -0.05) is 89.7 Å². The molecule has 1 rings (SSSR count). The average Bonchev–Trinajstić information content (AvgIpc) is 2.93. The van der Waals surface area contributed by atoms with E-state index in [9.17, 15) is 9.59 Å². The molecule has 144 valence electrons. The average molecular weight is 350 g/mol. The second kappa shape index (κ2) is 14.1. The van der Waals surface area contributed by atoms with Gasteiger partial charge >= 0.3 is 0 Å². The number of unbranched alkanes of at least 4 members (excludes halogenated alkanes) is 11. The molecule has 1 aliphatic heterocycles. The quantitative estimate of drug-likeness (QED) is 0.221. The van der Waals surface area contributed by atoms with Crippen LogP contribution in [0, 0.1) is 5.92 Å². The van der Waals surface area contributed by atoms with Crippen LogP contribution >= 0.6 is 0 Å². The maximum atomic E-state index is 12.0. The van der Waals surface area contributed by atoms with Gasteiger partial charge in [-0.25, -0.2) is 0 Å². The Morgan fingerprint density at radius 3 is 2.00 bits per heavy atom. The summed E-state index contributed by atoms with van der Waals surface area (Å²) >= 11 is 0. The fourth-order valence-electron chi connectivity index (χ4n) is 3.59. The van der Waals surface area contributed by atoms with Crippen LogP contribution in [0.1, 0.15) is 110 Å². The highest BCUT2D eigenvalue weighted by Crippen LogP contribution is 2.26. The van der Waals surface area contributed by atoms with Gasteiger partial charge in [0.25, 0.3) is 0 Å². The zero-order chi connectivity index (χ0) is 18.3. The first-order valence-electron chi connectivity index (χ1n) is 10.7. The van der Waals surface area contributed by atoms with Gasteiger partial charge in [0.1, 0.15) is 0 Å². The highest BCUT2D eigenvalue weighted by atomic mass is 16.2. The van der Waals surface area contributed by atoms with Gasteiger partial charge in [-0.2, -0.15) is 0 Å². The van der Waals surface area contributed by atoms with Crippen LogP contribution in [0.4, 0.5) is 0 Å². The third kappa shape index (κ3) is 9.81. The van der Waals surface area contributed by atoms with Crippen molar-refractivity contribution in [3.63, 3.8) is 0 Å². The molecule has 3 nitrogen and oxygen atoms in total. The van der Waals surface area contributed by atoms with E-state index >= 15 is 0 Å². The molecule has 0 spiro atoms. The lowest BCUT2D eigenvalue weighted by Crippen LogP contribution is -2.22. The van der Waals surface area contributed by atoms with Crippen molar-refractivity contribution < 1.29 is 9.59 Å². The zero-order valence-corrected chi connectivity index (χ0v) is 16.6. The molecular weight excluding hydrogens is 310 g/mol. The van der Waals surface area contributed by atoms with Crippen LogP contribution in [0.15, 0.2) is 11.6 Å². The summed E-state index contributed by atoms with van der Waals surface area (Å²) in [6.45, 7) is 4.45. The van der Waals surface area contributed by atoms with Crippen molar-refractivity contribution in [2.24, 2.45) is 5.92 Å². The molecule has 0 aliphatic carbocycles. The first kappa shape index (κ1) is 21.9. The van der Waals surface area contributed by atoms with E-state index in [-0.39, 0.29) is 17.7 Å². The fraction of sp³-hybridized carbons (Fsp3) is 0.818. The van der Waals surface area contributed by atoms with Crippen molar-refractivity contribution in [2.45, 2.75) is 110 Å². The third-order valence-electron chi connectivity index (χ3n) is 5.20. The normalized spacial score (nSPS) is 18.0. The van der Waals surface area contributed by atoms with Crippen molar-refractivity contribution in [3.05, 3.63) is 11.6 Å². The van der Waals surface area contributed by atoms with Gasteiger partial charge in [0.2, 0.25) is 11.8 Å². The Hall–Kier alpha value is -1.12. The molecule has 1 fully saturated rings. The Balaban J connectivity index is 2.25. The van der Waals surface area contributed by atoms with Crippen LogP contribution in [0.5, 0.6) is 0 Å². The number of amides is 2. The van der Waals surface area contributed by atoms with Gasteiger partial charge < -0.3 is 0 Å². The maximum Gasteiger partial charge on any atom is 0.234 e. The molecule has 0 aromatic rings. The minimum absolute atomic E-state index is 0.0835. The number of imide groups is 1. The molecule has 1 heterocycles. The van der Waals surface area contributed by atoms with Crippen LogP contribution in [-0.2, 0) is 9.59 Å². The summed E-state index contributed by atoms with van der Waals surface area (Å²) in [6, 6.07) is 0. The monoisotopic (exact) mass is 349 g/mol. The number of hydrogen-bond acceptors (Lipinski definition) is 2. The van der Waals surface area contributed by atoms with Crippen LogP contribution < -0.4 is 5.32 Å². The molecular formula is C22H39NO2. The minimum Gasteiger partial charge on any atom is -0.296 e. The molecule has 1 saturated heterocycles. The lowest BCUT2D eigenvalue weighted by atomic mass is 9.91. The van der Waals surface area contributed by atoms with E-state index in [1.54, 1.807) is 0 Å². The molecule has 1 N–H and O–H groups in total. The molecule has 0 saturated carbocycles.